The van der Waals surface area contributed by atoms with Crippen molar-refractivity contribution in [3.8, 4) is 0 Å². The molecule has 1 rings (SSSR count). The molecule has 9 heavy (non-hydrogen) atoms. The highest BCUT2D eigenvalue weighted by atomic mass is 16.2. The molecule has 0 spiro atoms. The number of aliphatic imine (C=N–C) groups is 1. The molecule has 0 aromatic heterocycles. The number of carbonyl (C=O) groups excluding carboxylic acids is 1. The van der Waals surface area contributed by atoms with Gasteiger partial charge >= 0.3 is 6.03 Å². The van der Waals surface area contributed by atoms with Gasteiger partial charge in [-0.1, -0.05) is 0 Å². The van der Waals surface area contributed by atoms with E-state index >= 15 is 0 Å². The predicted octanol–water partition coefficient (Wildman–Crippen LogP) is -1.36. The Morgan fingerprint density at radius 2 is 2.22 bits per heavy atom. The molecular formula is C4H10N4O. The maximum Gasteiger partial charge on any atom is 0.309 e. The van der Waals surface area contributed by atoms with Gasteiger partial charge in [-0.3, -0.25) is 4.99 Å². The first-order valence-corrected chi connectivity index (χ1v) is 2.50. The van der Waals surface area contributed by atoms with Crippen LogP contribution in [0.25, 0.3) is 0 Å². The Morgan fingerprint density at radius 1 is 1.67 bits per heavy atom. The van der Waals surface area contributed by atoms with Gasteiger partial charge in [0, 0.05) is 6.54 Å². The molecule has 0 unspecified atom stereocenters. The number of primary amides is 2. The van der Waals surface area contributed by atoms with Crippen molar-refractivity contribution in [2.75, 3.05) is 13.1 Å². The average molecular weight is 130 g/mol. The lowest BCUT2D eigenvalue weighted by Crippen LogP contribution is -2.18. The molecule has 0 bridgehead atoms. The Kier molecular flexibility index (Phi) is 4.20. The number of rotatable bonds is 0. The maximum absolute atomic E-state index is 9.00. The second kappa shape index (κ2) is 4.89. The molecule has 5 nitrogen and oxygen atoms in total. The van der Waals surface area contributed by atoms with Crippen molar-refractivity contribution < 1.29 is 4.79 Å². The number of amides is 2. The summed E-state index contributed by atoms with van der Waals surface area (Å²) in [6.07, 6.45) is 1.74. The lowest BCUT2D eigenvalue weighted by Gasteiger charge is -1.75. The van der Waals surface area contributed by atoms with E-state index in [1.54, 1.807) is 6.34 Å². The van der Waals surface area contributed by atoms with Crippen molar-refractivity contribution in [1.29, 1.82) is 0 Å². The summed E-state index contributed by atoms with van der Waals surface area (Å²) < 4.78 is 0. The first kappa shape index (κ1) is 7.74. The zero-order chi connectivity index (χ0) is 7.11. The Bertz CT molecular complexity index is 101. The number of urea groups is 1. The molecule has 5 N–H and O–H groups in total. The van der Waals surface area contributed by atoms with Crippen molar-refractivity contribution >= 4 is 12.4 Å². The van der Waals surface area contributed by atoms with E-state index in [1.165, 1.54) is 0 Å². The number of nitrogens with zero attached hydrogens (tertiary/aromatic N) is 1. The van der Waals surface area contributed by atoms with Crippen LogP contribution in [0.15, 0.2) is 4.99 Å². The first-order chi connectivity index (χ1) is 4.23. The van der Waals surface area contributed by atoms with Gasteiger partial charge in [0.2, 0.25) is 0 Å². The summed E-state index contributed by atoms with van der Waals surface area (Å²) in [5.41, 5.74) is 8.50. The normalized spacial score (nSPS) is 13.3. The summed E-state index contributed by atoms with van der Waals surface area (Å²) in [4.78, 5) is 12.8. The molecule has 52 valence electrons. The molecule has 0 aromatic rings. The molecule has 2 amide bonds. The van der Waals surface area contributed by atoms with E-state index < -0.39 is 6.03 Å². The summed E-state index contributed by atoms with van der Waals surface area (Å²) in [6.45, 7) is 1.99. The lowest BCUT2D eigenvalue weighted by atomic mass is 10.7. The van der Waals surface area contributed by atoms with Gasteiger partial charge in [-0.05, 0) is 0 Å². The van der Waals surface area contributed by atoms with Crippen LogP contribution in [0.1, 0.15) is 0 Å². The van der Waals surface area contributed by atoms with Crippen LogP contribution < -0.4 is 16.8 Å². The quantitative estimate of drug-likeness (QED) is 0.378. The van der Waals surface area contributed by atoms with Gasteiger partial charge in [0.05, 0.1) is 12.9 Å². The average Bonchev–Trinajstić information content (AvgIpc) is 2.11. The fourth-order valence-electron chi connectivity index (χ4n) is 0.323. The standard InChI is InChI=1S/C3H6N2.CH4N2O/c1-2-5-3-4-1;2-1(3)4/h3H,1-2H2,(H,4,5);(H4,2,3,4). The second-order valence-electron chi connectivity index (χ2n) is 1.39. The smallest absolute Gasteiger partial charge is 0.309 e. The van der Waals surface area contributed by atoms with Gasteiger partial charge in [-0.25, -0.2) is 4.79 Å². The molecular weight excluding hydrogens is 120 g/mol. The summed E-state index contributed by atoms with van der Waals surface area (Å²) in [6, 6.07) is -0.833. The Balaban J connectivity index is 0.000000148. The fourth-order valence-corrected chi connectivity index (χ4v) is 0.323. The van der Waals surface area contributed by atoms with Crippen molar-refractivity contribution in [3.63, 3.8) is 0 Å². The van der Waals surface area contributed by atoms with E-state index in [1.807, 2.05) is 0 Å². The lowest BCUT2D eigenvalue weighted by molar-refractivity contribution is 0.256. The van der Waals surface area contributed by atoms with E-state index in [2.05, 4.69) is 21.8 Å². The van der Waals surface area contributed by atoms with Crippen LogP contribution >= 0.6 is 0 Å². The van der Waals surface area contributed by atoms with Crippen LogP contribution in [0, 0.1) is 0 Å². The zero-order valence-electron chi connectivity index (χ0n) is 5.00. The van der Waals surface area contributed by atoms with Crippen molar-refractivity contribution in [3.05, 3.63) is 0 Å². The van der Waals surface area contributed by atoms with Gasteiger partial charge in [0.15, 0.2) is 0 Å². The summed E-state index contributed by atoms with van der Waals surface area (Å²) in [7, 11) is 0. The van der Waals surface area contributed by atoms with Gasteiger partial charge in [-0.2, -0.15) is 0 Å². The van der Waals surface area contributed by atoms with Crippen molar-refractivity contribution in [2.24, 2.45) is 16.5 Å². The number of nitrogens with one attached hydrogen (secondary N) is 1. The third-order valence-electron chi connectivity index (χ3n) is 0.568. The Labute approximate surface area is 53.1 Å². The minimum absolute atomic E-state index is 0.833. The van der Waals surface area contributed by atoms with Crippen LogP contribution in [0.4, 0.5) is 4.79 Å². The molecule has 0 saturated carbocycles. The van der Waals surface area contributed by atoms with Crippen molar-refractivity contribution in [1.82, 2.24) is 5.32 Å². The highest BCUT2D eigenvalue weighted by molar-refractivity contribution is 5.69. The molecule has 0 saturated heterocycles. The largest absolute Gasteiger partial charge is 0.375 e. The predicted molar refractivity (Wildman–Crippen MR) is 35.1 cm³/mol. The van der Waals surface area contributed by atoms with E-state index in [9.17, 15) is 0 Å². The number of hydrogen-bond acceptors (Lipinski definition) is 3. The molecule has 0 fully saturated rings. The van der Waals surface area contributed by atoms with E-state index in [-0.39, 0.29) is 0 Å². The minimum Gasteiger partial charge on any atom is -0.375 e. The highest BCUT2D eigenvalue weighted by Gasteiger charge is 1.82. The van der Waals surface area contributed by atoms with E-state index in [0.717, 1.165) is 13.1 Å². The van der Waals surface area contributed by atoms with Gasteiger partial charge in [-0.15, -0.1) is 0 Å². The molecule has 0 atom stereocenters. The molecule has 1 heterocycles. The highest BCUT2D eigenvalue weighted by Crippen LogP contribution is 1.68. The zero-order valence-corrected chi connectivity index (χ0v) is 5.00. The minimum atomic E-state index is -0.833. The topological polar surface area (TPSA) is 93.5 Å². The van der Waals surface area contributed by atoms with Crippen molar-refractivity contribution in [2.45, 2.75) is 0 Å². The summed E-state index contributed by atoms with van der Waals surface area (Å²) in [5.74, 6) is 0. The van der Waals surface area contributed by atoms with Gasteiger partial charge < -0.3 is 16.8 Å². The van der Waals surface area contributed by atoms with Crippen LogP contribution in [0.5, 0.6) is 0 Å². The van der Waals surface area contributed by atoms with Gasteiger partial charge in [0.25, 0.3) is 0 Å². The molecule has 1 aliphatic rings. The maximum atomic E-state index is 9.00. The number of nitrogens with two attached hydrogens (primary N) is 2. The third kappa shape index (κ3) is 10.8. The number of carbonyl (C=O) groups is 1. The fraction of sp³-hybridized carbons (Fsp3) is 0.500. The van der Waals surface area contributed by atoms with Gasteiger partial charge in [0.1, 0.15) is 0 Å². The third-order valence-corrected chi connectivity index (χ3v) is 0.568. The molecule has 0 aromatic carbocycles. The van der Waals surface area contributed by atoms with E-state index in [0.29, 0.717) is 0 Å². The second-order valence-corrected chi connectivity index (χ2v) is 1.39. The first-order valence-electron chi connectivity index (χ1n) is 2.50. The van der Waals surface area contributed by atoms with Crippen LogP contribution in [-0.2, 0) is 0 Å². The summed E-state index contributed by atoms with van der Waals surface area (Å²) >= 11 is 0. The monoisotopic (exact) mass is 130 g/mol. The molecule has 5 heteroatoms. The molecule has 0 radical (unpaired) electrons. The summed E-state index contributed by atoms with van der Waals surface area (Å²) in [5, 5.41) is 2.93. The SMILES string of the molecule is C1=NCCN1.NC(N)=O. The molecule has 0 aliphatic carbocycles. The van der Waals surface area contributed by atoms with Crippen LogP contribution in [0.3, 0.4) is 0 Å². The number of hydrogen-bond donors (Lipinski definition) is 3. The Hall–Kier alpha value is -1.26. The van der Waals surface area contributed by atoms with Crippen LogP contribution in [0.2, 0.25) is 0 Å². The van der Waals surface area contributed by atoms with E-state index in [4.69, 9.17) is 4.79 Å². The Morgan fingerprint density at radius 3 is 2.33 bits per heavy atom. The van der Waals surface area contributed by atoms with Crippen LogP contribution in [-0.4, -0.2) is 25.5 Å². The molecule has 1 aliphatic heterocycles.